The second-order valence-electron chi connectivity index (χ2n) is 6.08. The zero-order valence-corrected chi connectivity index (χ0v) is 13.4. The molecule has 1 aliphatic rings. The number of nitrogens with zero attached hydrogens (tertiary/aromatic N) is 5. The topological polar surface area (TPSA) is 37.2 Å². The molecule has 0 bridgehead atoms. The molecule has 4 rings (SSSR count). The van der Waals surface area contributed by atoms with Gasteiger partial charge in [0.2, 0.25) is 0 Å². The predicted octanol–water partition coefficient (Wildman–Crippen LogP) is 2.29. The van der Waals surface area contributed by atoms with Gasteiger partial charge in [-0.3, -0.25) is 4.90 Å². The fourth-order valence-electron chi connectivity index (χ4n) is 3.12. The molecule has 1 saturated heterocycles. The average molecular weight is 307 g/mol. The molecular formula is C18H21N5. The summed E-state index contributed by atoms with van der Waals surface area (Å²) in [4.78, 5) is 14.1. The Hall–Kier alpha value is -2.40. The van der Waals surface area contributed by atoms with Crippen LogP contribution in [0.15, 0.2) is 48.8 Å². The van der Waals surface area contributed by atoms with Gasteiger partial charge in [-0.05, 0) is 18.2 Å². The van der Waals surface area contributed by atoms with Crippen molar-refractivity contribution in [1.29, 1.82) is 0 Å². The van der Waals surface area contributed by atoms with Gasteiger partial charge in [0.15, 0.2) is 0 Å². The molecule has 0 saturated carbocycles. The molecule has 0 unspecified atom stereocenters. The third-order valence-corrected chi connectivity index (χ3v) is 4.57. The highest BCUT2D eigenvalue weighted by atomic mass is 15.3. The Labute approximate surface area is 136 Å². The lowest BCUT2D eigenvalue weighted by molar-refractivity contribution is 0.241. The number of hydrogen-bond donors (Lipinski definition) is 0. The van der Waals surface area contributed by atoms with Crippen molar-refractivity contribution in [2.75, 3.05) is 31.1 Å². The van der Waals surface area contributed by atoms with Crippen molar-refractivity contribution < 1.29 is 0 Å². The maximum absolute atomic E-state index is 4.80. The first kappa shape index (κ1) is 14.2. The van der Waals surface area contributed by atoms with Crippen LogP contribution in [0.1, 0.15) is 5.82 Å². The number of aromatic nitrogens is 3. The van der Waals surface area contributed by atoms with Gasteiger partial charge in [-0.2, -0.15) is 0 Å². The summed E-state index contributed by atoms with van der Waals surface area (Å²) in [5, 5.41) is 1.20. The lowest BCUT2D eigenvalue weighted by Gasteiger charge is -2.35. The summed E-state index contributed by atoms with van der Waals surface area (Å²) < 4.78 is 2.09. The molecule has 1 aliphatic heterocycles. The average Bonchev–Trinajstić information content (AvgIpc) is 3.00. The molecule has 0 N–H and O–H groups in total. The van der Waals surface area contributed by atoms with Crippen molar-refractivity contribution in [2.24, 2.45) is 7.05 Å². The standard InChI is InChI=1S/C18H21N5/c1-21-9-8-19-18(21)14-22-10-12-23(13-11-22)17-7-6-15-4-2-3-5-16(15)20-17/h2-9H,10-14H2,1H3. The summed E-state index contributed by atoms with van der Waals surface area (Å²) >= 11 is 0. The smallest absolute Gasteiger partial charge is 0.129 e. The Morgan fingerprint density at radius 3 is 2.61 bits per heavy atom. The summed E-state index contributed by atoms with van der Waals surface area (Å²) in [5.41, 5.74) is 1.07. The summed E-state index contributed by atoms with van der Waals surface area (Å²) in [5.74, 6) is 2.21. The molecule has 3 aromatic rings. The molecule has 0 aliphatic carbocycles. The van der Waals surface area contributed by atoms with Crippen LogP contribution in [0.2, 0.25) is 0 Å². The fourth-order valence-corrected chi connectivity index (χ4v) is 3.12. The Morgan fingerprint density at radius 2 is 1.83 bits per heavy atom. The summed E-state index contributed by atoms with van der Waals surface area (Å²) in [6, 6.07) is 12.6. The van der Waals surface area contributed by atoms with Crippen LogP contribution in [0, 0.1) is 0 Å². The molecule has 3 heterocycles. The van der Waals surface area contributed by atoms with Crippen LogP contribution in [0.25, 0.3) is 10.9 Å². The molecular weight excluding hydrogens is 286 g/mol. The molecule has 0 radical (unpaired) electrons. The highest BCUT2D eigenvalue weighted by Gasteiger charge is 2.19. The van der Waals surface area contributed by atoms with Crippen molar-refractivity contribution in [3.8, 4) is 0 Å². The van der Waals surface area contributed by atoms with E-state index in [1.807, 2.05) is 18.5 Å². The summed E-state index contributed by atoms with van der Waals surface area (Å²) in [7, 11) is 2.05. The number of aryl methyl sites for hydroxylation is 1. The zero-order valence-electron chi connectivity index (χ0n) is 13.4. The van der Waals surface area contributed by atoms with Gasteiger partial charge in [0.1, 0.15) is 11.6 Å². The number of rotatable bonds is 3. The minimum absolute atomic E-state index is 0.919. The Balaban J connectivity index is 1.43. The van der Waals surface area contributed by atoms with E-state index in [4.69, 9.17) is 4.98 Å². The molecule has 0 amide bonds. The molecule has 1 fully saturated rings. The van der Waals surface area contributed by atoms with E-state index in [0.29, 0.717) is 0 Å². The molecule has 118 valence electrons. The van der Waals surface area contributed by atoms with Crippen LogP contribution >= 0.6 is 0 Å². The zero-order chi connectivity index (χ0) is 15.6. The van der Waals surface area contributed by atoms with E-state index in [0.717, 1.165) is 49.9 Å². The molecule has 1 aromatic carbocycles. The van der Waals surface area contributed by atoms with E-state index in [2.05, 4.69) is 56.7 Å². The van der Waals surface area contributed by atoms with Gasteiger partial charge in [-0.25, -0.2) is 9.97 Å². The predicted molar refractivity (Wildman–Crippen MR) is 92.4 cm³/mol. The summed E-state index contributed by atoms with van der Waals surface area (Å²) in [6.07, 6.45) is 3.87. The van der Waals surface area contributed by atoms with Gasteiger partial charge >= 0.3 is 0 Å². The number of pyridine rings is 1. The fraction of sp³-hybridized carbons (Fsp3) is 0.333. The lowest BCUT2D eigenvalue weighted by Crippen LogP contribution is -2.46. The number of para-hydroxylation sites is 1. The van der Waals surface area contributed by atoms with Crippen molar-refractivity contribution >= 4 is 16.7 Å². The van der Waals surface area contributed by atoms with Gasteiger partial charge < -0.3 is 9.47 Å². The molecule has 0 atom stereocenters. The Morgan fingerprint density at radius 1 is 1.00 bits per heavy atom. The molecule has 5 nitrogen and oxygen atoms in total. The van der Waals surface area contributed by atoms with Gasteiger partial charge in [0, 0.05) is 51.0 Å². The lowest BCUT2D eigenvalue weighted by atomic mass is 10.2. The number of benzene rings is 1. The van der Waals surface area contributed by atoms with E-state index < -0.39 is 0 Å². The van der Waals surface area contributed by atoms with E-state index >= 15 is 0 Å². The van der Waals surface area contributed by atoms with Crippen LogP contribution in [-0.4, -0.2) is 45.6 Å². The molecule has 2 aromatic heterocycles. The first-order valence-electron chi connectivity index (χ1n) is 8.09. The Kier molecular flexibility index (Phi) is 3.71. The van der Waals surface area contributed by atoms with E-state index in [-0.39, 0.29) is 0 Å². The third-order valence-electron chi connectivity index (χ3n) is 4.57. The largest absolute Gasteiger partial charge is 0.354 e. The van der Waals surface area contributed by atoms with Crippen molar-refractivity contribution in [2.45, 2.75) is 6.54 Å². The van der Waals surface area contributed by atoms with Crippen LogP contribution in [0.5, 0.6) is 0 Å². The third kappa shape index (κ3) is 2.92. The van der Waals surface area contributed by atoms with Gasteiger partial charge in [0.25, 0.3) is 0 Å². The van der Waals surface area contributed by atoms with Crippen molar-refractivity contribution in [1.82, 2.24) is 19.4 Å². The first-order chi connectivity index (χ1) is 11.3. The number of imidazole rings is 1. The van der Waals surface area contributed by atoms with Crippen LogP contribution in [0.4, 0.5) is 5.82 Å². The molecule has 23 heavy (non-hydrogen) atoms. The van der Waals surface area contributed by atoms with E-state index in [1.165, 1.54) is 5.39 Å². The second-order valence-corrected chi connectivity index (χ2v) is 6.08. The quantitative estimate of drug-likeness (QED) is 0.744. The maximum Gasteiger partial charge on any atom is 0.129 e. The number of piperazine rings is 1. The molecule has 0 spiro atoms. The van der Waals surface area contributed by atoms with E-state index in [9.17, 15) is 0 Å². The number of anilines is 1. The van der Waals surface area contributed by atoms with Crippen LogP contribution < -0.4 is 4.90 Å². The minimum atomic E-state index is 0.919. The van der Waals surface area contributed by atoms with Gasteiger partial charge in [0.05, 0.1) is 12.1 Å². The Bertz CT molecular complexity index is 802. The monoisotopic (exact) mass is 307 g/mol. The summed E-state index contributed by atoms with van der Waals surface area (Å²) in [6.45, 7) is 5.02. The first-order valence-corrected chi connectivity index (χ1v) is 8.09. The van der Waals surface area contributed by atoms with Crippen LogP contribution in [-0.2, 0) is 13.6 Å². The SMILES string of the molecule is Cn1ccnc1CN1CCN(c2ccc3ccccc3n2)CC1. The molecule has 5 heteroatoms. The highest BCUT2D eigenvalue weighted by molar-refractivity contribution is 5.80. The van der Waals surface area contributed by atoms with E-state index in [1.54, 1.807) is 0 Å². The van der Waals surface area contributed by atoms with Crippen LogP contribution in [0.3, 0.4) is 0 Å². The van der Waals surface area contributed by atoms with Crippen molar-refractivity contribution in [3.63, 3.8) is 0 Å². The van der Waals surface area contributed by atoms with Gasteiger partial charge in [-0.1, -0.05) is 18.2 Å². The second kappa shape index (κ2) is 6.01. The van der Waals surface area contributed by atoms with Crippen molar-refractivity contribution in [3.05, 3.63) is 54.6 Å². The highest BCUT2D eigenvalue weighted by Crippen LogP contribution is 2.19. The van der Waals surface area contributed by atoms with Gasteiger partial charge in [-0.15, -0.1) is 0 Å². The maximum atomic E-state index is 4.80. The number of hydrogen-bond acceptors (Lipinski definition) is 4. The minimum Gasteiger partial charge on any atom is -0.354 e. The number of fused-ring (bicyclic) bond motifs is 1. The normalized spacial score (nSPS) is 16.1.